The summed E-state index contributed by atoms with van der Waals surface area (Å²) in [6.45, 7) is 0.619. The lowest BCUT2D eigenvalue weighted by atomic mass is 9.93. The van der Waals surface area contributed by atoms with Crippen LogP contribution in [-0.4, -0.2) is 23.5 Å². The highest BCUT2D eigenvalue weighted by molar-refractivity contribution is 5.93. The maximum absolute atomic E-state index is 13.1. The van der Waals surface area contributed by atoms with E-state index in [0.29, 0.717) is 19.1 Å². The monoisotopic (exact) mass is 432 g/mol. The number of unbranched alkanes of at least 4 members (excludes halogenated alkanes) is 2. The zero-order chi connectivity index (χ0) is 22.2. The van der Waals surface area contributed by atoms with Gasteiger partial charge in [0.05, 0.1) is 6.61 Å². The topological polar surface area (TPSA) is 62.4 Å². The number of rotatable bonds is 9. The summed E-state index contributed by atoms with van der Waals surface area (Å²) in [6, 6.07) is 19.5. The van der Waals surface area contributed by atoms with Gasteiger partial charge in [0.1, 0.15) is 5.75 Å². The molecule has 4 rings (SSSR count). The lowest BCUT2D eigenvalue weighted by molar-refractivity contribution is -0.119. The smallest absolute Gasteiger partial charge is 0.248 e. The van der Waals surface area contributed by atoms with Crippen molar-refractivity contribution < 1.29 is 9.53 Å². The minimum Gasteiger partial charge on any atom is -0.494 e. The Balaban J connectivity index is 1.24. The lowest BCUT2D eigenvalue weighted by Crippen LogP contribution is -2.41. The summed E-state index contributed by atoms with van der Waals surface area (Å²) in [5, 5.41) is 0.955. The Hall–Kier alpha value is -3.08. The van der Waals surface area contributed by atoms with Crippen LogP contribution in [0, 0.1) is 0 Å². The lowest BCUT2D eigenvalue weighted by Gasteiger charge is -2.34. The van der Waals surface area contributed by atoms with Crippen molar-refractivity contribution in [2.24, 2.45) is 0 Å². The number of para-hydroxylation sites is 1. The molecule has 0 radical (unpaired) electrons. The standard InChI is InChI=1S/C27H32N2O3/c30-26-18-15-21-20-24(16-17-25(21)28-26)32-19-9-3-8-14-27(31)29(22-10-4-1-5-11-22)23-12-6-2-7-13-23/h1,4-5,10-11,15-18,20,23H,2-3,6-9,12-14,19H2,(H,28,30). The number of pyridine rings is 1. The number of aromatic amines is 1. The molecule has 5 heteroatoms. The van der Waals surface area contributed by atoms with Crippen LogP contribution < -0.4 is 15.2 Å². The molecule has 1 aromatic heterocycles. The third-order valence-corrected chi connectivity index (χ3v) is 6.24. The van der Waals surface area contributed by atoms with Crippen LogP contribution in [-0.2, 0) is 4.79 Å². The van der Waals surface area contributed by atoms with Crippen LogP contribution in [0.3, 0.4) is 0 Å². The van der Waals surface area contributed by atoms with Gasteiger partial charge in [-0.05, 0) is 68.5 Å². The first-order valence-electron chi connectivity index (χ1n) is 11.8. The average molecular weight is 433 g/mol. The first kappa shape index (κ1) is 22.1. The Kier molecular flexibility index (Phi) is 7.59. The summed E-state index contributed by atoms with van der Waals surface area (Å²) in [7, 11) is 0. The van der Waals surface area contributed by atoms with E-state index in [1.54, 1.807) is 6.07 Å². The quantitative estimate of drug-likeness (QED) is 0.433. The molecule has 1 N–H and O–H groups in total. The number of ether oxygens (including phenoxy) is 1. The van der Waals surface area contributed by atoms with Gasteiger partial charge in [-0.3, -0.25) is 9.59 Å². The number of carbonyl (C=O) groups excluding carboxylic acids is 1. The third-order valence-electron chi connectivity index (χ3n) is 6.24. The predicted molar refractivity (Wildman–Crippen MR) is 129 cm³/mol. The van der Waals surface area contributed by atoms with Crippen LogP contribution >= 0.6 is 0 Å². The van der Waals surface area contributed by atoms with Crippen molar-refractivity contribution in [3.05, 3.63) is 71.0 Å². The number of nitrogens with one attached hydrogen (secondary N) is 1. The number of nitrogens with zero attached hydrogens (tertiary/aromatic N) is 1. The number of amides is 1. The number of anilines is 1. The Labute approximate surface area is 189 Å². The van der Waals surface area contributed by atoms with E-state index < -0.39 is 0 Å². The van der Waals surface area contributed by atoms with E-state index in [-0.39, 0.29) is 11.5 Å². The van der Waals surface area contributed by atoms with E-state index in [4.69, 9.17) is 4.74 Å². The number of hydrogen-bond donors (Lipinski definition) is 1. The van der Waals surface area contributed by atoms with Crippen LogP contribution in [0.15, 0.2) is 65.5 Å². The highest BCUT2D eigenvalue weighted by atomic mass is 16.5. The molecule has 1 fully saturated rings. The van der Waals surface area contributed by atoms with Crippen LogP contribution in [0.4, 0.5) is 5.69 Å². The number of hydrogen-bond acceptors (Lipinski definition) is 3. The molecule has 1 aliphatic rings. The Morgan fingerprint density at radius 1 is 0.938 bits per heavy atom. The minimum absolute atomic E-state index is 0.102. The minimum atomic E-state index is -0.102. The van der Waals surface area contributed by atoms with Crippen molar-refractivity contribution in [1.29, 1.82) is 0 Å². The van der Waals surface area contributed by atoms with Crippen LogP contribution in [0.25, 0.3) is 10.9 Å². The van der Waals surface area contributed by atoms with E-state index in [2.05, 4.69) is 22.0 Å². The van der Waals surface area contributed by atoms with E-state index >= 15 is 0 Å². The molecule has 1 heterocycles. The summed E-state index contributed by atoms with van der Waals surface area (Å²) < 4.78 is 5.88. The van der Waals surface area contributed by atoms with Gasteiger partial charge in [0.25, 0.3) is 0 Å². The van der Waals surface area contributed by atoms with Crippen molar-refractivity contribution in [2.45, 2.75) is 63.8 Å². The Bertz CT molecular complexity index is 1070. The van der Waals surface area contributed by atoms with Crippen LogP contribution in [0.5, 0.6) is 5.75 Å². The van der Waals surface area contributed by atoms with Crippen LogP contribution in [0.1, 0.15) is 57.8 Å². The SMILES string of the molecule is O=C(CCCCCOc1ccc2[nH]c(=O)ccc2c1)N(c1ccccc1)C1CCCCC1. The van der Waals surface area contributed by atoms with Gasteiger partial charge in [0, 0.05) is 35.1 Å². The number of carbonyl (C=O) groups is 1. The first-order valence-corrected chi connectivity index (χ1v) is 11.8. The molecule has 1 amide bonds. The fraction of sp³-hybridized carbons (Fsp3) is 0.407. The van der Waals surface area contributed by atoms with Crippen molar-refractivity contribution in [3.8, 4) is 5.75 Å². The molecule has 0 spiro atoms. The summed E-state index contributed by atoms with van der Waals surface area (Å²) in [5.41, 5.74) is 1.74. The van der Waals surface area contributed by atoms with E-state index in [0.717, 1.165) is 54.4 Å². The zero-order valence-corrected chi connectivity index (χ0v) is 18.6. The summed E-state index contributed by atoms with van der Waals surface area (Å²) >= 11 is 0. The number of H-pyrrole nitrogens is 1. The number of benzene rings is 2. The molecule has 0 saturated heterocycles. The average Bonchev–Trinajstić information content (AvgIpc) is 2.83. The highest BCUT2D eigenvalue weighted by Gasteiger charge is 2.26. The van der Waals surface area contributed by atoms with Gasteiger partial charge in [0.2, 0.25) is 11.5 Å². The number of aromatic nitrogens is 1. The molecule has 0 atom stereocenters. The molecule has 0 unspecified atom stereocenters. The third kappa shape index (κ3) is 5.78. The summed E-state index contributed by atoms with van der Waals surface area (Å²) in [5.74, 6) is 1.04. The molecule has 1 aliphatic carbocycles. The van der Waals surface area contributed by atoms with Crippen molar-refractivity contribution in [1.82, 2.24) is 4.98 Å². The highest BCUT2D eigenvalue weighted by Crippen LogP contribution is 2.28. The maximum Gasteiger partial charge on any atom is 0.248 e. The fourth-order valence-corrected chi connectivity index (χ4v) is 4.57. The zero-order valence-electron chi connectivity index (χ0n) is 18.6. The Morgan fingerprint density at radius 2 is 1.75 bits per heavy atom. The second-order valence-electron chi connectivity index (χ2n) is 8.62. The Morgan fingerprint density at radius 3 is 2.56 bits per heavy atom. The van der Waals surface area contributed by atoms with Gasteiger partial charge in [-0.1, -0.05) is 37.5 Å². The van der Waals surface area contributed by atoms with Gasteiger partial charge in [-0.15, -0.1) is 0 Å². The second-order valence-corrected chi connectivity index (χ2v) is 8.62. The van der Waals surface area contributed by atoms with Crippen molar-refractivity contribution >= 4 is 22.5 Å². The number of fused-ring (bicyclic) bond motifs is 1. The molecule has 2 aromatic carbocycles. The molecule has 3 aromatic rings. The molecular weight excluding hydrogens is 400 g/mol. The van der Waals surface area contributed by atoms with Gasteiger partial charge in [0.15, 0.2) is 0 Å². The summed E-state index contributed by atoms with van der Waals surface area (Å²) in [4.78, 5) is 29.4. The van der Waals surface area contributed by atoms with Gasteiger partial charge in [-0.2, -0.15) is 0 Å². The first-order chi connectivity index (χ1) is 15.7. The molecule has 0 aliphatic heterocycles. The van der Waals surface area contributed by atoms with Crippen LogP contribution in [0.2, 0.25) is 0 Å². The summed E-state index contributed by atoms with van der Waals surface area (Å²) in [6.07, 6.45) is 9.23. The molecule has 0 bridgehead atoms. The van der Waals surface area contributed by atoms with E-state index in [9.17, 15) is 9.59 Å². The van der Waals surface area contributed by atoms with E-state index in [1.165, 1.54) is 25.3 Å². The van der Waals surface area contributed by atoms with Gasteiger partial charge in [-0.25, -0.2) is 0 Å². The van der Waals surface area contributed by atoms with Gasteiger partial charge >= 0.3 is 0 Å². The molecule has 5 nitrogen and oxygen atoms in total. The molecular formula is C27H32N2O3. The maximum atomic E-state index is 13.1. The molecule has 32 heavy (non-hydrogen) atoms. The largest absolute Gasteiger partial charge is 0.494 e. The molecule has 168 valence electrons. The van der Waals surface area contributed by atoms with E-state index in [1.807, 2.05) is 36.4 Å². The van der Waals surface area contributed by atoms with Crippen molar-refractivity contribution in [3.63, 3.8) is 0 Å². The predicted octanol–water partition coefficient (Wildman–Crippen LogP) is 5.83. The normalized spacial score (nSPS) is 14.4. The van der Waals surface area contributed by atoms with Crippen molar-refractivity contribution in [2.75, 3.05) is 11.5 Å². The fourth-order valence-electron chi connectivity index (χ4n) is 4.57. The van der Waals surface area contributed by atoms with Gasteiger partial charge < -0.3 is 14.6 Å². The second kappa shape index (κ2) is 11.0. The molecule has 1 saturated carbocycles.